The Morgan fingerprint density at radius 1 is 1.42 bits per heavy atom. The lowest BCUT2D eigenvalue weighted by Crippen LogP contribution is -2.07. The lowest BCUT2D eigenvalue weighted by molar-refractivity contribution is 0.637. The van der Waals surface area contributed by atoms with Gasteiger partial charge < -0.3 is 9.88 Å². The summed E-state index contributed by atoms with van der Waals surface area (Å²) in [6.07, 6.45) is 5.39. The van der Waals surface area contributed by atoms with E-state index in [2.05, 4.69) is 10.3 Å². The van der Waals surface area contributed by atoms with E-state index in [1.807, 2.05) is 23.9 Å². The number of rotatable bonds is 4. The molecule has 0 atom stereocenters. The molecule has 0 spiro atoms. The minimum Gasteiger partial charge on any atom is -0.333 e. The van der Waals surface area contributed by atoms with E-state index < -0.39 is 0 Å². The predicted molar refractivity (Wildman–Crippen MR) is 75.9 cm³/mol. The second kappa shape index (κ2) is 5.11. The smallest absolute Gasteiger partial charge is 0.132 e. The van der Waals surface area contributed by atoms with Crippen molar-refractivity contribution in [1.29, 1.82) is 0 Å². The zero-order valence-corrected chi connectivity index (χ0v) is 11.4. The molecule has 0 unspecified atom stereocenters. The number of nitrogens with zero attached hydrogens (tertiary/aromatic N) is 2. The van der Waals surface area contributed by atoms with Crippen LogP contribution in [0.4, 0.5) is 4.39 Å². The van der Waals surface area contributed by atoms with Crippen LogP contribution < -0.4 is 5.32 Å². The van der Waals surface area contributed by atoms with Gasteiger partial charge in [-0.15, -0.1) is 11.3 Å². The van der Waals surface area contributed by atoms with Gasteiger partial charge in [0, 0.05) is 33.9 Å². The lowest BCUT2D eigenvalue weighted by Gasteiger charge is -2.06. The summed E-state index contributed by atoms with van der Waals surface area (Å²) in [4.78, 5) is 5.21. The molecule has 0 saturated heterocycles. The van der Waals surface area contributed by atoms with Gasteiger partial charge in [-0.1, -0.05) is 6.07 Å². The Hall–Kier alpha value is -1.72. The quantitative estimate of drug-likeness (QED) is 0.793. The molecule has 0 amide bonds. The summed E-state index contributed by atoms with van der Waals surface area (Å²) in [5, 5.41) is 3.89. The number of hydrogen-bond donors (Lipinski definition) is 1. The normalized spacial score (nSPS) is 11.3. The van der Waals surface area contributed by atoms with Crippen molar-refractivity contribution in [2.75, 3.05) is 7.05 Å². The Balaban J connectivity index is 2.15. The zero-order chi connectivity index (χ0) is 13.2. The predicted octanol–water partition coefficient (Wildman–Crippen LogP) is 3.00. The lowest BCUT2D eigenvalue weighted by atomic mass is 10.1. The Bertz CT molecular complexity index is 688. The van der Waals surface area contributed by atoms with Crippen molar-refractivity contribution in [3.63, 3.8) is 0 Å². The van der Waals surface area contributed by atoms with Gasteiger partial charge in [0.25, 0.3) is 0 Å². The third kappa shape index (κ3) is 2.27. The van der Waals surface area contributed by atoms with Crippen LogP contribution in [0.25, 0.3) is 10.1 Å². The van der Waals surface area contributed by atoms with Gasteiger partial charge in [-0.05, 0) is 24.7 Å². The molecule has 3 nitrogen and oxygen atoms in total. The molecular weight excluding hydrogens is 261 g/mol. The highest BCUT2D eigenvalue weighted by Crippen LogP contribution is 2.33. The van der Waals surface area contributed by atoms with Crippen molar-refractivity contribution in [2.24, 2.45) is 0 Å². The average molecular weight is 275 g/mol. The van der Waals surface area contributed by atoms with E-state index in [0.29, 0.717) is 6.54 Å². The second-order valence-corrected chi connectivity index (χ2v) is 5.52. The fraction of sp³-hybridized carbons (Fsp3) is 0.214. The summed E-state index contributed by atoms with van der Waals surface area (Å²) in [7, 11) is 1.90. The molecule has 2 heterocycles. The van der Waals surface area contributed by atoms with Crippen LogP contribution in [0.1, 0.15) is 10.4 Å². The number of nitrogens with one attached hydrogen (secondary N) is 1. The molecule has 1 N–H and O–H groups in total. The van der Waals surface area contributed by atoms with Crippen molar-refractivity contribution in [2.45, 2.75) is 13.1 Å². The van der Waals surface area contributed by atoms with Crippen molar-refractivity contribution in [3.05, 3.63) is 53.2 Å². The first kappa shape index (κ1) is 12.3. The van der Waals surface area contributed by atoms with Crippen LogP contribution in [0, 0.1) is 5.82 Å². The van der Waals surface area contributed by atoms with E-state index in [1.54, 1.807) is 29.9 Å². The SMILES string of the molecule is CNCc1sc2cccc(F)c2c1Cn1ccnc1. The Morgan fingerprint density at radius 2 is 2.32 bits per heavy atom. The summed E-state index contributed by atoms with van der Waals surface area (Å²) >= 11 is 1.65. The highest BCUT2D eigenvalue weighted by atomic mass is 32.1. The molecular formula is C14H14FN3S. The largest absolute Gasteiger partial charge is 0.333 e. The maximum Gasteiger partial charge on any atom is 0.132 e. The van der Waals surface area contributed by atoms with Crippen molar-refractivity contribution in [3.8, 4) is 0 Å². The molecule has 0 bridgehead atoms. The molecule has 0 saturated carbocycles. The first-order chi connectivity index (χ1) is 9.29. The molecule has 0 fully saturated rings. The maximum absolute atomic E-state index is 14.1. The number of hydrogen-bond acceptors (Lipinski definition) is 3. The third-order valence-electron chi connectivity index (χ3n) is 3.08. The molecule has 0 radical (unpaired) electrons. The van der Waals surface area contributed by atoms with Gasteiger partial charge in [0.1, 0.15) is 5.82 Å². The summed E-state index contributed by atoms with van der Waals surface area (Å²) < 4.78 is 17.1. The van der Waals surface area contributed by atoms with Gasteiger partial charge in [0.2, 0.25) is 0 Å². The minimum atomic E-state index is -0.147. The van der Waals surface area contributed by atoms with Gasteiger partial charge in [0.15, 0.2) is 0 Å². The first-order valence-corrected chi connectivity index (χ1v) is 6.90. The van der Waals surface area contributed by atoms with Crippen LogP contribution in [0.3, 0.4) is 0 Å². The first-order valence-electron chi connectivity index (χ1n) is 6.08. The highest BCUT2D eigenvalue weighted by Gasteiger charge is 2.15. The molecule has 98 valence electrons. The van der Waals surface area contributed by atoms with E-state index in [1.165, 1.54) is 10.9 Å². The standard InChI is InChI=1S/C14H14FN3S/c1-16-7-13-10(8-18-6-5-17-9-18)14-11(15)3-2-4-12(14)19-13/h2-6,9,16H,7-8H2,1H3. The fourth-order valence-electron chi connectivity index (χ4n) is 2.25. The number of thiophene rings is 1. The van der Waals surface area contributed by atoms with Crippen LogP contribution in [0.15, 0.2) is 36.9 Å². The molecule has 0 aliphatic carbocycles. The van der Waals surface area contributed by atoms with Crippen molar-refractivity contribution >= 4 is 21.4 Å². The van der Waals surface area contributed by atoms with Gasteiger partial charge in [-0.2, -0.15) is 0 Å². The van der Waals surface area contributed by atoms with Gasteiger partial charge >= 0.3 is 0 Å². The number of imidazole rings is 1. The van der Waals surface area contributed by atoms with Crippen LogP contribution in [0.2, 0.25) is 0 Å². The van der Waals surface area contributed by atoms with Gasteiger partial charge in [0.05, 0.1) is 12.9 Å². The molecule has 2 aromatic heterocycles. The number of aromatic nitrogens is 2. The molecule has 5 heteroatoms. The topological polar surface area (TPSA) is 29.9 Å². The van der Waals surface area contributed by atoms with E-state index in [-0.39, 0.29) is 5.82 Å². The number of fused-ring (bicyclic) bond motifs is 1. The van der Waals surface area contributed by atoms with Crippen LogP contribution >= 0.6 is 11.3 Å². The number of benzene rings is 1. The molecule has 1 aromatic carbocycles. The van der Waals surface area contributed by atoms with Crippen LogP contribution in [0.5, 0.6) is 0 Å². The van der Waals surface area contributed by atoms with Crippen molar-refractivity contribution in [1.82, 2.24) is 14.9 Å². The van der Waals surface area contributed by atoms with Gasteiger partial charge in [-0.25, -0.2) is 9.37 Å². The summed E-state index contributed by atoms with van der Waals surface area (Å²) in [5.41, 5.74) is 1.05. The van der Waals surface area contributed by atoms with Crippen LogP contribution in [-0.2, 0) is 13.1 Å². The second-order valence-electron chi connectivity index (χ2n) is 4.38. The summed E-state index contributed by atoms with van der Waals surface area (Å²) in [6, 6.07) is 5.26. The fourth-order valence-corrected chi connectivity index (χ4v) is 3.49. The maximum atomic E-state index is 14.1. The minimum absolute atomic E-state index is 0.147. The molecule has 0 aliphatic heterocycles. The van der Waals surface area contributed by atoms with E-state index in [9.17, 15) is 4.39 Å². The van der Waals surface area contributed by atoms with E-state index in [4.69, 9.17) is 0 Å². The number of halogens is 1. The van der Waals surface area contributed by atoms with Crippen molar-refractivity contribution < 1.29 is 4.39 Å². The van der Waals surface area contributed by atoms with Gasteiger partial charge in [-0.3, -0.25) is 0 Å². The molecule has 3 aromatic rings. The average Bonchev–Trinajstić information content (AvgIpc) is 3.00. The Labute approximate surface area is 114 Å². The molecule has 19 heavy (non-hydrogen) atoms. The zero-order valence-electron chi connectivity index (χ0n) is 10.6. The summed E-state index contributed by atoms with van der Waals surface area (Å²) in [6.45, 7) is 1.40. The summed E-state index contributed by atoms with van der Waals surface area (Å²) in [5.74, 6) is -0.147. The molecule has 0 aliphatic rings. The highest BCUT2D eigenvalue weighted by molar-refractivity contribution is 7.19. The molecule has 3 rings (SSSR count). The Morgan fingerprint density at radius 3 is 3.05 bits per heavy atom. The Kier molecular flexibility index (Phi) is 3.31. The van der Waals surface area contributed by atoms with E-state index in [0.717, 1.165) is 22.2 Å². The van der Waals surface area contributed by atoms with Crippen LogP contribution in [-0.4, -0.2) is 16.6 Å². The van der Waals surface area contributed by atoms with E-state index >= 15 is 0 Å². The third-order valence-corrected chi connectivity index (χ3v) is 4.28. The monoisotopic (exact) mass is 275 g/mol.